The Hall–Kier alpha value is -2.21. The summed E-state index contributed by atoms with van der Waals surface area (Å²) in [6.45, 7) is 2.05. The quantitative estimate of drug-likeness (QED) is 0.761. The summed E-state index contributed by atoms with van der Waals surface area (Å²) in [4.78, 5) is 16.2. The highest BCUT2D eigenvalue weighted by Gasteiger charge is 2.20. The molecule has 1 fully saturated rings. The Bertz CT molecular complexity index is 650. The fraction of sp³-hybridized carbons (Fsp3) is 0.412. The molecule has 23 heavy (non-hydrogen) atoms. The minimum absolute atomic E-state index is 0.200. The molecule has 2 aromatic rings. The van der Waals surface area contributed by atoms with Crippen LogP contribution in [0.3, 0.4) is 0 Å². The summed E-state index contributed by atoms with van der Waals surface area (Å²) in [5.41, 5.74) is 1.12. The van der Waals surface area contributed by atoms with E-state index in [1.165, 1.54) is 31.2 Å². The van der Waals surface area contributed by atoms with Crippen LogP contribution in [0.15, 0.2) is 36.8 Å². The number of benzene rings is 1. The lowest BCUT2D eigenvalue weighted by Gasteiger charge is -2.09. The van der Waals surface area contributed by atoms with Crippen LogP contribution in [0.25, 0.3) is 5.69 Å². The first-order chi connectivity index (χ1) is 11.2. The number of carbonyl (C=O) groups is 1. The summed E-state index contributed by atoms with van der Waals surface area (Å²) >= 11 is 0. The third-order valence-electron chi connectivity index (χ3n) is 3.78. The highest BCUT2D eigenvalue weighted by atomic mass is 19.1. The van der Waals surface area contributed by atoms with Crippen molar-refractivity contribution in [2.24, 2.45) is 5.92 Å². The second-order valence-corrected chi connectivity index (χ2v) is 5.75. The standard InChI is InChI=1S/C17H20FN3O2/c18-14-4-6-15(7-5-14)21-12-19-10-16(21)17(22)20-8-1-9-23-11-13-2-3-13/h4-7,10,12-13H,1-3,8-9,11H2,(H,20,22). The zero-order valence-electron chi connectivity index (χ0n) is 12.9. The molecule has 1 aromatic carbocycles. The van der Waals surface area contributed by atoms with E-state index >= 15 is 0 Å². The first kappa shape index (κ1) is 15.7. The van der Waals surface area contributed by atoms with Gasteiger partial charge in [-0.25, -0.2) is 9.37 Å². The smallest absolute Gasteiger partial charge is 0.269 e. The largest absolute Gasteiger partial charge is 0.381 e. The van der Waals surface area contributed by atoms with Gasteiger partial charge in [-0.2, -0.15) is 0 Å². The molecule has 1 amide bonds. The molecule has 0 radical (unpaired) electrons. The Labute approximate surface area is 134 Å². The maximum absolute atomic E-state index is 13.0. The molecule has 0 saturated heterocycles. The topological polar surface area (TPSA) is 56.1 Å². The molecule has 0 unspecified atom stereocenters. The Morgan fingerprint density at radius 2 is 2.13 bits per heavy atom. The molecule has 3 rings (SSSR count). The zero-order chi connectivity index (χ0) is 16.1. The highest BCUT2D eigenvalue weighted by molar-refractivity contribution is 5.92. The molecule has 1 aromatic heterocycles. The van der Waals surface area contributed by atoms with Gasteiger partial charge in [0.05, 0.1) is 12.5 Å². The van der Waals surface area contributed by atoms with Gasteiger partial charge in [-0.15, -0.1) is 0 Å². The van der Waals surface area contributed by atoms with Gasteiger partial charge in [-0.3, -0.25) is 9.36 Å². The van der Waals surface area contributed by atoms with Crippen molar-refractivity contribution in [1.29, 1.82) is 0 Å². The molecular formula is C17H20FN3O2. The van der Waals surface area contributed by atoms with Crippen molar-refractivity contribution in [1.82, 2.24) is 14.9 Å². The maximum Gasteiger partial charge on any atom is 0.269 e. The lowest BCUT2D eigenvalue weighted by molar-refractivity contribution is 0.0931. The minimum atomic E-state index is -0.314. The Morgan fingerprint density at radius 3 is 2.87 bits per heavy atom. The number of hydrogen-bond acceptors (Lipinski definition) is 3. The van der Waals surface area contributed by atoms with E-state index in [1.807, 2.05) is 0 Å². The number of ether oxygens (including phenoxy) is 1. The van der Waals surface area contributed by atoms with Gasteiger partial charge in [0.15, 0.2) is 0 Å². The predicted molar refractivity (Wildman–Crippen MR) is 84.0 cm³/mol. The number of hydrogen-bond donors (Lipinski definition) is 1. The van der Waals surface area contributed by atoms with Crippen LogP contribution < -0.4 is 5.32 Å². The molecule has 1 saturated carbocycles. The van der Waals surface area contributed by atoms with Crippen LogP contribution in [0.1, 0.15) is 29.8 Å². The molecule has 1 aliphatic rings. The average molecular weight is 317 g/mol. The number of nitrogens with zero attached hydrogens (tertiary/aromatic N) is 2. The van der Waals surface area contributed by atoms with Crippen LogP contribution in [-0.4, -0.2) is 35.2 Å². The van der Waals surface area contributed by atoms with Crippen LogP contribution in [0.4, 0.5) is 4.39 Å². The molecule has 122 valence electrons. The molecular weight excluding hydrogens is 297 g/mol. The SMILES string of the molecule is O=C(NCCCOCC1CC1)c1cncn1-c1ccc(F)cc1. The Kier molecular flexibility index (Phi) is 5.02. The lowest BCUT2D eigenvalue weighted by atomic mass is 10.3. The Balaban J connectivity index is 1.49. The summed E-state index contributed by atoms with van der Waals surface area (Å²) < 4.78 is 20.2. The molecule has 5 nitrogen and oxygen atoms in total. The first-order valence-electron chi connectivity index (χ1n) is 7.88. The number of rotatable bonds is 8. The van der Waals surface area contributed by atoms with Crippen molar-refractivity contribution in [3.05, 3.63) is 48.3 Å². The van der Waals surface area contributed by atoms with Crippen molar-refractivity contribution in [3.8, 4) is 5.69 Å². The number of halogens is 1. The van der Waals surface area contributed by atoms with Gasteiger partial charge in [0.1, 0.15) is 11.5 Å². The van der Waals surface area contributed by atoms with Crippen LogP contribution in [0, 0.1) is 11.7 Å². The molecule has 0 aliphatic heterocycles. The predicted octanol–water partition coefficient (Wildman–Crippen LogP) is 2.56. The van der Waals surface area contributed by atoms with Gasteiger partial charge >= 0.3 is 0 Å². The van der Waals surface area contributed by atoms with Gasteiger partial charge in [0.2, 0.25) is 0 Å². The molecule has 1 heterocycles. The Morgan fingerprint density at radius 1 is 1.35 bits per heavy atom. The van der Waals surface area contributed by atoms with E-state index in [0.29, 0.717) is 24.5 Å². The van der Waals surface area contributed by atoms with Crippen molar-refractivity contribution < 1.29 is 13.9 Å². The normalized spacial score (nSPS) is 14.0. The number of aromatic nitrogens is 2. The molecule has 6 heteroatoms. The fourth-order valence-electron chi connectivity index (χ4n) is 2.27. The van der Waals surface area contributed by atoms with Crippen LogP contribution >= 0.6 is 0 Å². The number of carbonyl (C=O) groups excluding carboxylic acids is 1. The summed E-state index contributed by atoms with van der Waals surface area (Å²) in [6.07, 6.45) is 6.39. The third-order valence-corrected chi connectivity index (χ3v) is 3.78. The van der Waals surface area contributed by atoms with Crippen molar-refractivity contribution in [3.63, 3.8) is 0 Å². The van der Waals surface area contributed by atoms with Gasteiger partial charge in [-0.1, -0.05) is 0 Å². The molecule has 0 spiro atoms. The average Bonchev–Trinajstić information content (AvgIpc) is 3.25. The first-order valence-corrected chi connectivity index (χ1v) is 7.88. The summed E-state index contributed by atoms with van der Waals surface area (Å²) in [5, 5.41) is 2.86. The summed E-state index contributed by atoms with van der Waals surface area (Å²) in [7, 11) is 0. The highest BCUT2D eigenvalue weighted by Crippen LogP contribution is 2.28. The van der Waals surface area contributed by atoms with E-state index < -0.39 is 0 Å². The third kappa shape index (κ3) is 4.39. The number of imidazole rings is 1. The van der Waals surface area contributed by atoms with Gasteiger partial charge in [0.25, 0.3) is 5.91 Å². The van der Waals surface area contributed by atoms with Gasteiger partial charge in [-0.05, 0) is 49.4 Å². The monoisotopic (exact) mass is 317 g/mol. The molecule has 0 atom stereocenters. The zero-order valence-corrected chi connectivity index (χ0v) is 12.9. The fourth-order valence-corrected chi connectivity index (χ4v) is 2.27. The number of amides is 1. The molecule has 0 bridgehead atoms. The van der Waals surface area contributed by atoms with Crippen LogP contribution in [0.5, 0.6) is 0 Å². The second kappa shape index (κ2) is 7.37. The van der Waals surface area contributed by atoms with Crippen molar-refractivity contribution >= 4 is 5.91 Å². The lowest BCUT2D eigenvalue weighted by Crippen LogP contribution is -2.27. The van der Waals surface area contributed by atoms with Gasteiger partial charge in [0, 0.05) is 25.4 Å². The summed E-state index contributed by atoms with van der Waals surface area (Å²) in [5.74, 6) is 0.245. The molecule has 1 N–H and O–H groups in total. The summed E-state index contributed by atoms with van der Waals surface area (Å²) in [6, 6.07) is 5.93. The van der Waals surface area contributed by atoms with E-state index in [0.717, 1.165) is 18.9 Å². The van der Waals surface area contributed by atoms with Crippen molar-refractivity contribution in [2.45, 2.75) is 19.3 Å². The van der Waals surface area contributed by atoms with E-state index in [9.17, 15) is 9.18 Å². The van der Waals surface area contributed by atoms with Gasteiger partial charge < -0.3 is 10.1 Å². The van der Waals surface area contributed by atoms with Crippen molar-refractivity contribution in [2.75, 3.05) is 19.8 Å². The van der Waals surface area contributed by atoms with E-state index in [2.05, 4.69) is 10.3 Å². The van der Waals surface area contributed by atoms with Crippen LogP contribution in [-0.2, 0) is 4.74 Å². The minimum Gasteiger partial charge on any atom is -0.381 e. The maximum atomic E-state index is 13.0. The van der Waals surface area contributed by atoms with Crippen LogP contribution in [0.2, 0.25) is 0 Å². The molecule has 1 aliphatic carbocycles. The number of nitrogens with one attached hydrogen (secondary N) is 1. The van der Waals surface area contributed by atoms with E-state index in [4.69, 9.17) is 4.74 Å². The van der Waals surface area contributed by atoms with E-state index in [-0.39, 0.29) is 11.7 Å². The van der Waals surface area contributed by atoms with E-state index in [1.54, 1.807) is 23.0 Å². The second-order valence-electron chi connectivity index (χ2n) is 5.75.